The third-order valence-corrected chi connectivity index (χ3v) is 6.77. The number of esters is 1. The number of ether oxygens (including phenoxy) is 1. The Hall–Kier alpha value is -4.90. The van der Waals surface area contributed by atoms with Crippen LogP contribution >= 0.6 is 0 Å². The predicted molar refractivity (Wildman–Crippen MR) is 146 cm³/mol. The molecule has 37 heavy (non-hydrogen) atoms. The monoisotopic (exact) mass is 484 g/mol. The van der Waals surface area contributed by atoms with Crippen molar-refractivity contribution in [2.24, 2.45) is 0 Å². The minimum Gasteiger partial charge on any atom is -0.465 e. The molecule has 2 heterocycles. The van der Waals surface area contributed by atoms with Gasteiger partial charge in [-0.2, -0.15) is 0 Å². The molecule has 4 aromatic carbocycles. The molecule has 0 bridgehead atoms. The first-order valence-electron chi connectivity index (χ1n) is 12.1. The van der Waals surface area contributed by atoms with E-state index in [0.29, 0.717) is 17.7 Å². The highest BCUT2D eigenvalue weighted by Crippen LogP contribution is 2.29. The van der Waals surface area contributed by atoms with Crippen LogP contribution in [0.4, 0.5) is 0 Å². The number of methoxy groups -OCH3 is 1. The normalized spacial score (nSPS) is 11.2. The van der Waals surface area contributed by atoms with Gasteiger partial charge in [-0.15, -0.1) is 0 Å². The van der Waals surface area contributed by atoms with E-state index in [1.807, 2.05) is 54.7 Å². The number of fused-ring (bicyclic) bond motifs is 2. The van der Waals surface area contributed by atoms with Crippen LogP contribution in [0.1, 0.15) is 26.3 Å². The molecule has 0 fully saturated rings. The molecule has 0 amide bonds. The van der Waals surface area contributed by atoms with Gasteiger partial charge < -0.3 is 9.30 Å². The molecule has 0 unspecified atom stereocenters. The van der Waals surface area contributed by atoms with E-state index in [4.69, 9.17) is 4.74 Å². The van der Waals surface area contributed by atoms with Gasteiger partial charge in [0.05, 0.1) is 18.2 Å². The van der Waals surface area contributed by atoms with Crippen LogP contribution in [0.3, 0.4) is 0 Å². The predicted octanol–water partition coefficient (Wildman–Crippen LogP) is 6.79. The minimum atomic E-state index is -0.337. The van der Waals surface area contributed by atoms with Crippen LogP contribution in [0.2, 0.25) is 0 Å². The van der Waals surface area contributed by atoms with Gasteiger partial charge in [-0.1, -0.05) is 54.6 Å². The zero-order valence-electron chi connectivity index (χ0n) is 20.3. The maximum atomic E-state index is 13.1. The van der Waals surface area contributed by atoms with Crippen molar-refractivity contribution in [3.63, 3.8) is 0 Å². The van der Waals surface area contributed by atoms with E-state index in [1.165, 1.54) is 7.11 Å². The van der Waals surface area contributed by atoms with Gasteiger partial charge in [0.25, 0.3) is 5.91 Å². The topological polar surface area (TPSA) is 53.2 Å². The largest absolute Gasteiger partial charge is 0.465 e. The van der Waals surface area contributed by atoms with Gasteiger partial charge in [-0.3, -0.25) is 9.36 Å². The Morgan fingerprint density at radius 1 is 0.676 bits per heavy atom. The molecule has 0 atom stereocenters. The van der Waals surface area contributed by atoms with Gasteiger partial charge in [0.2, 0.25) is 0 Å². The molecular weight excluding hydrogens is 460 g/mol. The van der Waals surface area contributed by atoms with Crippen LogP contribution in [0.5, 0.6) is 0 Å². The summed E-state index contributed by atoms with van der Waals surface area (Å²) in [5.74, 6) is -0.383. The summed E-state index contributed by atoms with van der Waals surface area (Å²) < 4.78 is 8.71. The highest BCUT2D eigenvalue weighted by Gasteiger charge is 2.13. The lowest BCUT2D eigenvalue weighted by molar-refractivity contribution is 0.0600. The Morgan fingerprint density at radius 2 is 1.32 bits per heavy atom. The molecule has 0 aliphatic carbocycles. The summed E-state index contributed by atoms with van der Waals surface area (Å²) >= 11 is 0. The fourth-order valence-corrected chi connectivity index (χ4v) is 4.77. The number of carbonyl (C=O) groups is 2. The van der Waals surface area contributed by atoms with Crippen molar-refractivity contribution in [1.29, 1.82) is 0 Å². The number of hydrogen-bond acceptors (Lipinski definition) is 3. The summed E-state index contributed by atoms with van der Waals surface area (Å²) in [5, 5.41) is 2.17. The molecule has 0 N–H and O–H groups in total. The summed E-state index contributed by atoms with van der Waals surface area (Å²) in [5.41, 5.74) is 6.41. The van der Waals surface area contributed by atoms with Crippen molar-refractivity contribution >= 4 is 33.7 Å². The number of aromatic nitrogens is 2. The molecule has 180 valence electrons. The second-order valence-electron chi connectivity index (χ2n) is 9.04. The van der Waals surface area contributed by atoms with Crippen LogP contribution < -0.4 is 0 Å². The molecule has 0 spiro atoms. The molecule has 0 aliphatic rings. The Balaban J connectivity index is 1.34. The molecule has 0 saturated heterocycles. The van der Waals surface area contributed by atoms with Crippen molar-refractivity contribution in [3.8, 4) is 11.1 Å². The molecule has 6 aromatic rings. The average molecular weight is 485 g/mol. The molecule has 2 aromatic heterocycles. The van der Waals surface area contributed by atoms with Crippen molar-refractivity contribution in [2.75, 3.05) is 7.11 Å². The van der Waals surface area contributed by atoms with Crippen LogP contribution in [-0.4, -0.2) is 28.1 Å². The molecule has 5 heteroatoms. The molecule has 5 nitrogen and oxygen atoms in total. The molecule has 0 aliphatic heterocycles. The summed E-state index contributed by atoms with van der Waals surface area (Å²) in [6.45, 7) is 0.682. The standard InChI is InChI=1S/C32H24N2O3/c1-37-32(36)26-9-7-22(8-10-26)21-33-17-15-23-11-13-27(19-29(23)33)28-14-12-24-16-18-34(30(24)20-28)31(35)25-5-3-2-4-6-25/h2-20H,21H2,1H3. The van der Waals surface area contributed by atoms with E-state index in [-0.39, 0.29) is 11.9 Å². The number of rotatable bonds is 5. The molecule has 0 saturated carbocycles. The Labute approximate surface area is 214 Å². The van der Waals surface area contributed by atoms with Crippen LogP contribution in [0, 0.1) is 0 Å². The van der Waals surface area contributed by atoms with E-state index in [2.05, 4.69) is 53.2 Å². The smallest absolute Gasteiger partial charge is 0.337 e. The highest BCUT2D eigenvalue weighted by molar-refractivity contribution is 6.03. The molecule has 6 rings (SSSR count). The Bertz CT molecular complexity index is 1760. The van der Waals surface area contributed by atoms with Crippen molar-refractivity contribution in [2.45, 2.75) is 6.54 Å². The van der Waals surface area contributed by atoms with Crippen molar-refractivity contribution in [1.82, 2.24) is 9.13 Å². The van der Waals surface area contributed by atoms with E-state index in [9.17, 15) is 9.59 Å². The number of nitrogens with zero attached hydrogens (tertiary/aromatic N) is 2. The lowest BCUT2D eigenvalue weighted by Crippen LogP contribution is -2.10. The molecule has 0 radical (unpaired) electrons. The number of benzene rings is 4. The fraction of sp³-hybridized carbons (Fsp3) is 0.0625. The third-order valence-electron chi connectivity index (χ3n) is 6.77. The van der Waals surface area contributed by atoms with E-state index < -0.39 is 0 Å². The quantitative estimate of drug-likeness (QED) is 0.253. The Morgan fingerprint density at radius 3 is 2.03 bits per heavy atom. The van der Waals surface area contributed by atoms with Gasteiger partial charge in [-0.25, -0.2) is 4.79 Å². The molecular formula is C32H24N2O3. The maximum Gasteiger partial charge on any atom is 0.337 e. The summed E-state index contributed by atoms with van der Waals surface area (Å²) in [4.78, 5) is 24.9. The van der Waals surface area contributed by atoms with Crippen LogP contribution in [0.15, 0.2) is 116 Å². The van der Waals surface area contributed by atoms with Crippen LogP contribution in [-0.2, 0) is 11.3 Å². The highest BCUT2D eigenvalue weighted by atomic mass is 16.5. The van der Waals surface area contributed by atoms with E-state index in [0.717, 1.165) is 38.5 Å². The second-order valence-corrected chi connectivity index (χ2v) is 9.04. The summed E-state index contributed by atoms with van der Waals surface area (Å²) in [6.07, 6.45) is 3.92. The Kier molecular flexibility index (Phi) is 5.66. The van der Waals surface area contributed by atoms with Gasteiger partial charge in [0.15, 0.2) is 0 Å². The van der Waals surface area contributed by atoms with Gasteiger partial charge in [-0.05, 0) is 70.6 Å². The van der Waals surface area contributed by atoms with Gasteiger partial charge in [0.1, 0.15) is 0 Å². The fourth-order valence-electron chi connectivity index (χ4n) is 4.77. The van der Waals surface area contributed by atoms with Crippen molar-refractivity contribution in [3.05, 3.63) is 132 Å². The van der Waals surface area contributed by atoms with E-state index in [1.54, 1.807) is 16.7 Å². The van der Waals surface area contributed by atoms with Gasteiger partial charge >= 0.3 is 5.97 Å². The second kappa shape index (κ2) is 9.28. The SMILES string of the molecule is COC(=O)c1ccc(Cn2ccc3ccc(-c4ccc5ccn(C(=O)c6ccccc6)c5c4)cc32)cc1. The van der Waals surface area contributed by atoms with Gasteiger partial charge in [0, 0.05) is 35.4 Å². The minimum absolute atomic E-state index is 0.0460. The zero-order chi connectivity index (χ0) is 25.4. The summed E-state index contributed by atoms with van der Waals surface area (Å²) in [6, 6.07) is 33.6. The third kappa shape index (κ3) is 4.21. The summed E-state index contributed by atoms with van der Waals surface area (Å²) in [7, 11) is 1.38. The number of carbonyl (C=O) groups excluding carboxylic acids is 2. The average Bonchev–Trinajstić information content (AvgIpc) is 3.56. The lowest BCUT2D eigenvalue weighted by atomic mass is 10.0. The van der Waals surface area contributed by atoms with E-state index >= 15 is 0 Å². The van der Waals surface area contributed by atoms with Crippen molar-refractivity contribution < 1.29 is 14.3 Å². The first-order valence-corrected chi connectivity index (χ1v) is 12.1. The maximum absolute atomic E-state index is 13.1. The first kappa shape index (κ1) is 22.6. The number of hydrogen-bond donors (Lipinski definition) is 0. The first-order chi connectivity index (χ1) is 18.1. The zero-order valence-corrected chi connectivity index (χ0v) is 20.3. The van der Waals surface area contributed by atoms with Crippen LogP contribution in [0.25, 0.3) is 32.9 Å². The lowest BCUT2D eigenvalue weighted by Gasteiger charge is -2.09.